The molecule has 3 nitrogen and oxygen atoms in total. The average Bonchev–Trinajstić information content (AvgIpc) is 2.34. The van der Waals surface area contributed by atoms with Gasteiger partial charge in [-0.2, -0.15) is 0 Å². The number of rotatable bonds is 8. The normalized spacial score (nSPS) is 21.6. The molecule has 1 unspecified atom stereocenters. The number of nitrogens with one attached hydrogen (secondary N) is 1. The molecule has 0 aliphatic carbocycles. The molecule has 1 aliphatic rings. The smallest absolute Gasteiger partial charge is 0.0478 e. The third-order valence-electron chi connectivity index (χ3n) is 3.33. The molecule has 1 saturated heterocycles. The minimum Gasteiger partial charge on any atom is -0.382 e. The lowest BCUT2D eigenvalue weighted by molar-refractivity contribution is 0.127. The Kier molecular flexibility index (Phi) is 7.81. The van der Waals surface area contributed by atoms with Gasteiger partial charge in [0.15, 0.2) is 0 Å². The first-order valence-corrected chi connectivity index (χ1v) is 6.87. The third-order valence-corrected chi connectivity index (χ3v) is 3.33. The average molecular weight is 228 g/mol. The van der Waals surface area contributed by atoms with E-state index in [-0.39, 0.29) is 0 Å². The summed E-state index contributed by atoms with van der Waals surface area (Å²) >= 11 is 0. The van der Waals surface area contributed by atoms with Gasteiger partial charge >= 0.3 is 0 Å². The van der Waals surface area contributed by atoms with E-state index in [0.29, 0.717) is 0 Å². The summed E-state index contributed by atoms with van der Waals surface area (Å²) in [5.74, 6) is 0.862. The maximum absolute atomic E-state index is 5.38. The van der Waals surface area contributed by atoms with Crippen molar-refractivity contribution in [2.45, 2.75) is 33.1 Å². The molecule has 96 valence electrons. The van der Waals surface area contributed by atoms with Gasteiger partial charge in [-0.25, -0.2) is 0 Å². The quantitative estimate of drug-likeness (QED) is 0.640. The fourth-order valence-corrected chi connectivity index (χ4v) is 2.36. The Balaban J connectivity index is 2.09. The Morgan fingerprint density at radius 1 is 1.38 bits per heavy atom. The van der Waals surface area contributed by atoms with Gasteiger partial charge in [0.05, 0.1) is 0 Å². The molecule has 0 bridgehead atoms. The maximum atomic E-state index is 5.38. The Morgan fingerprint density at radius 3 is 2.88 bits per heavy atom. The predicted octanol–water partition coefficient (Wildman–Crippen LogP) is 1.73. The van der Waals surface area contributed by atoms with Gasteiger partial charge in [0.25, 0.3) is 0 Å². The van der Waals surface area contributed by atoms with Crippen molar-refractivity contribution >= 4 is 0 Å². The minimum absolute atomic E-state index is 0.846. The van der Waals surface area contributed by atoms with Crippen LogP contribution in [0, 0.1) is 5.92 Å². The highest BCUT2D eigenvalue weighted by Crippen LogP contribution is 2.11. The van der Waals surface area contributed by atoms with Crippen molar-refractivity contribution in [3.63, 3.8) is 0 Å². The predicted molar refractivity (Wildman–Crippen MR) is 68.8 cm³/mol. The number of nitrogens with zero attached hydrogens (tertiary/aromatic N) is 1. The third kappa shape index (κ3) is 5.83. The van der Waals surface area contributed by atoms with Crippen LogP contribution in [0.1, 0.15) is 33.1 Å². The number of hydrogen-bond acceptors (Lipinski definition) is 3. The molecule has 1 N–H and O–H groups in total. The van der Waals surface area contributed by atoms with Gasteiger partial charge in [-0.1, -0.05) is 6.92 Å². The first-order valence-electron chi connectivity index (χ1n) is 6.87. The Hall–Kier alpha value is -0.120. The van der Waals surface area contributed by atoms with Crippen molar-refractivity contribution in [1.29, 1.82) is 0 Å². The Morgan fingerprint density at radius 2 is 2.25 bits per heavy atom. The van der Waals surface area contributed by atoms with Crippen molar-refractivity contribution in [2.24, 2.45) is 5.92 Å². The summed E-state index contributed by atoms with van der Waals surface area (Å²) < 4.78 is 5.38. The molecule has 1 rings (SSSR count). The van der Waals surface area contributed by atoms with Crippen LogP contribution in [0.15, 0.2) is 0 Å². The van der Waals surface area contributed by atoms with E-state index >= 15 is 0 Å². The van der Waals surface area contributed by atoms with Gasteiger partial charge < -0.3 is 15.0 Å². The van der Waals surface area contributed by atoms with Crippen LogP contribution in [-0.4, -0.2) is 50.8 Å². The van der Waals surface area contributed by atoms with Crippen molar-refractivity contribution in [2.75, 3.05) is 45.9 Å². The molecule has 0 radical (unpaired) electrons. The van der Waals surface area contributed by atoms with Crippen LogP contribution >= 0.6 is 0 Å². The molecule has 1 heterocycles. The highest BCUT2D eigenvalue weighted by Gasteiger charge is 2.15. The maximum Gasteiger partial charge on any atom is 0.0478 e. The van der Waals surface area contributed by atoms with Gasteiger partial charge in [0.1, 0.15) is 0 Å². The van der Waals surface area contributed by atoms with E-state index in [1.54, 1.807) is 0 Å². The van der Waals surface area contributed by atoms with E-state index in [2.05, 4.69) is 24.1 Å². The molecule has 16 heavy (non-hydrogen) atoms. The van der Waals surface area contributed by atoms with Crippen LogP contribution in [0.3, 0.4) is 0 Å². The zero-order chi connectivity index (χ0) is 11.6. The monoisotopic (exact) mass is 228 g/mol. The topological polar surface area (TPSA) is 24.5 Å². The molecular weight excluding hydrogens is 200 g/mol. The molecule has 0 spiro atoms. The molecular formula is C13H28N2O. The van der Waals surface area contributed by atoms with E-state index in [9.17, 15) is 0 Å². The fourth-order valence-electron chi connectivity index (χ4n) is 2.36. The van der Waals surface area contributed by atoms with E-state index in [4.69, 9.17) is 4.74 Å². The summed E-state index contributed by atoms with van der Waals surface area (Å²) in [7, 11) is 0. The number of hydrogen-bond donors (Lipinski definition) is 1. The molecule has 0 amide bonds. The summed E-state index contributed by atoms with van der Waals surface area (Å²) in [6.07, 6.45) is 3.91. The van der Waals surface area contributed by atoms with Crippen molar-refractivity contribution in [3.05, 3.63) is 0 Å². The summed E-state index contributed by atoms with van der Waals surface area (Å²) in [6, 6.07) is 0. The second kappa shape index (κ2) is 8.97. The van der Waals surface area contributed by atoms with E-state index < -0.39 is 0 Å². The molecule has 1 aliphatic heterocycles. The zero-order valence-corrected chi connectivity index (χ0v) is 11.0. The fraction of sp³-hybridized carbons (Fsp3) is 1.00. The van der Waals surface area contributed by atoms with Gasteiger partial charge in [-0.05, 0) is 51.7 Å². The van der Waals surface area contributed by atoms with Crippen LogP contribution in [0.2, 0.25) is 0 Å². The van der Waals surface area contributed by atoms with Crippen molar-refractivity contribution in [3.8, 4) is 0 Å². The van der Waals surface area contributed by atoms with Crippen LogP contribution in [0.25, 0.3) is 0 Å². The largest absolute Gasteiger partial charge is 0.382 e. The first-order chi connectivity index (χ1) is 7.86. The molecule has 0 aromatic rings. The SMILES string of the molecule is CCOCCCN(CC)CC1CCCNC1. The van der Waals surface area contributed by atoms with Crippen molar-refractivity contribution in [1.82, 2.24) is 10.2 Å². The van der Waals surface area contributed by atoms with E-state index in [1.165, 1.54) is 52.0 Å². The van der Waals surface area contributed by atoms with Gasteiger partial charge in [-0.15, -0.1) is 0 Å². The molecule has 0 saturated carbocycles. The number of piperidine rings is 1. The van der Waals surface area contributed by atoms with Crippen LogP contribution < -0.4 is 5.32 Å². The van der Waals surface area contributed by atoms with Gasteiger partial charge in [0.2, 0.25) is 0 Å². The summed E-state index contributed by atoms with van der Waals surface area (Å²) in [5, 5.41) is 3.49. The lowest BCUT2D eigenvalue weighted by Crippen LogP contribution is -2.38. The summed E-state index contributed by atoms with van der Waals surface area (Å²) in [6.45, 7) is 12.1. The second-order valence-electron chi connectivity index (χ2n) is 4.66. The van der Waals surface area contributed by atoms with Crippen LogP contribution in [0.5, 0.6) is 0 Å². The summed E-state index contributed by atoms with van der Waals surface area (Å²) in [4.78, 5) is 2.57. The van der Waals surface area contributed by atoms with E-state index in [1.807, 2.05) is 0 Å². The second-order valence-corrected chi connectivity index (χ2v) is 4.66. The lowest BCUT2D eigenvalue weighted by Gasteiger charge is -2.29. The summed E-state index contributed by atoms with van der Waals surface area (Å²) in [5.41, 5.74) is 0. The number of ether oxygens (including phenoxy) is 1. The van der Waals surface area contributed by atoms with Crippen molar-refractivity contribution < 1.29 is 4.74 Å². The first kappa shape index (κ1) is 13.9. The highest BCUT2D eigenvalue weighted by molar-refractivity contribution is 4.72. The zero-order valence-electron chi connectivity index (χ0n) is 11.0. The Labute approximate surface area is 101 Å². The Bertz CT molecular complexity index is 158. The molecule has 1 fully saturated rings. The van der Waals surface area contributed by atoms with Crippen LogP contribution in [0.4, 0.5) is 0 Å². The highest BCUT2D eigenvalue weighted by atomic mass is 16.5. The standard InChI is InChI=1S/C13H28N2O/c1-3-15(9-6-10-16-4-2)12-13-7-5-8-14-11-13/h13-14H,3-12H2,1-2H3. The molecule has 3 heteroatoms. The molecule has 0 aromatic heterocycles. The molecule has 0 aromatic carbocycles. The van der Waals surface area contributed by atoms with Crippen LogP contribution in [-0.2, 0) is 4.74 Å². The minimum atomic E-state index is 0.846. The van der Waals surface area contributed by atoms with Gasteiger partial charge in [-0.3, -0.25) is 0 Å². The van der Waals surface area contributed by atoms with E-state index in [0.717, 1.165) is 19.1 Å². The molecule has 1 atom stereocenters. The lowest BCUT2D eigenvalue weighted by atomic mass is 9.99. The van der Waals surface area contributed by atoms with Gasteiger partial charge in [0, 0.05) is 26.3 Å².